The van der Waals surface area contributed by atoms with E-state index in [1.54, 1.807) is 0 Å². The molecule has 0 aromatic carbocycles. The van der Waals surface area contributed by atoms with Crippen LogP contribution in [-0.2, 0) is 6.54 Å². The van der Waals surface area contributed by atoms with Crippen LogP contribution in [0.1, 0.15) is 5.69 Å². The summed E-state index contributed by atoms with van der Waals surface area (Å²) in [5, 5.41) is 20.2. The van der Waals surface area contributed by atoms with Gasteiger partial charge in [0.15, 0.2) is 5.75 Å². The standard InChI is InChI=1S/C7H9N3O4/c8-7(13)9-2-4-1-5(11)6(12)3-10(4)14/h1,3,12,14H,2H2,(H3,8,9,13). The van der Waals surface area contributed by atoms with Gasteiger partial charge in [0, 0.05) is 6.07 Å². The van der Waals surface area contributed by atoms with E-state index in [9.17, 15) is 9.59 Å². The van der Waals surface area contributed by atoms with Gasteiger partial charge in [-0.05, 0) is 0 Å². The fraction of sp³-hybridized carbons (Fsp3) is 0.143. The second-order valence-corrected chi connectivity index (χ2v) is 2.58. The van der Waals surface area contributed by atoms with Gasteiger partial charge in [-0.15, -0.1) is 0 Å². The maximum Gasteiger partial charge on any atom is 0.312 e. The summed E-state index contributed by atoms with van der Waals surface area (Å²) >= 11 is 0. The number of hydrogen-bond donors (Lipinski definition) is 4. The van der Waals surface area contributed by atoms with Crippen molar-refractivity contribution in [2.24, 2.45) is 5.73 Å². The summed E-state index contributed by atoms with van der Waals surface area (Å²) in [5.74, 6) is -0.574. The van der Waals surface area contributed by atoms with Gasteiger partial charge in [-0.2, -0.15) is 4.73 Å². The van der Waals surface area contributed by atoms with Crippen LogP contribution in [-0.4, -0.2) is 21.1 Å². The number of nitrogens with zero attached hydrogens (tertiary/aromatic N) is 1. The first-order chi connectivity index (χ1) is 6.50. The number of urea groups is 1. The van der Waals surface area contributed by atoms with Crippen LogP contribution in [0.15, 0.2) is 17.1 Å². The minimum absolute atomic E-state index is 0.0959. The molecule has 0 spiro atoms. The van der Waals surface area contributed by atoms with Gasteiger partial charge in [-0.3, -0.25) is 4.79 Å². The maximum atomic E-state index is 10.9. The average molecular weight is 199 g/mol. The van der Waals surface area contributed by atoms with Gasteiger partial charge >= 0.3 is 6.03 Å². The molecule has 1 heterocycles. The lowest BCUT2D eigenvalue weighted by molar-refractivity contribution is 0.170. The van der Waals surface area contributed by atoms with E-state index in [-0.39, 0.29) is 12.2 Å². The van der Waals surface area contributed by atoms with E-state index in [0.717, 1.165) is 12.3 Å². The lowest BCUT2D eigenvalue weighted by Gasteiger charge is -2.06. The number of rotatable bonds is 2. The summed E-state index contributed by atoms with van der Waals surface area (Å²) in [5.41, 5.74) is 4.27. The highest BCUT2D eigenvalue weighted by atomic mass is 16.5. The van der Waals surface area contributed by atoms with Crippen molar-refractivity contribution in [2.45, 2.75) is 6.54 Å². The molecule has 0 aliphatic rings. The molecule has 0 bridgehead atoms. The summed E-state index contributed by atoms with van der Waals surface area (Å²) in [6.45, 7) is -0.0959. The number of amides is 2. The second kappa shape index (κ2) is 3.69. The first kappa shape index (κ1) is 9.90. The molecule has 7 heteroatoms. The first-order valence-corrected chi connectivity index (χ1v) is 3.68. The van der Waals surface area contributed by atoms with Crippen molar-refractivity contribution < 1.29 is 15.1 Å². The minimum atomic E-state index is -0.773. The summed E-state index contributed by atoms with van der Waals surface area (Å²) in [6.07, 6.45) is 0.834. The third-order valence-electron chi connectivity index (χ3n) is 1.53. The lowest BCUT2D eigenvalue weighted by Crippen LogP contribution is -2.30. The molecule has 0 radical (unpaired) electrons. The zero-order valence-corrected chi connectivity index (χ0v) is 7.10. The third kappa shape index (κ3) is 2.16. The highest BCUT2D eigenvalue weighted by Crippen LogP contribution is 2.01. The van der Waals surface area contributed by atoms with Crippen LogP contribution in [0.5, 0.6) is 5.75 Å². The second-order valence-electron chi connectivity index (χ2n) is 2.58. The molecule has 0 fully saturated rings. The Kier molecular flexibility index (Phi) is 2.61. The van der Waals surface area contributed by atoms with Crippen LogP contribution in [0, 0.1) is 0 Å². The van der Waals surface area contributed by atoms with E-state index in [0.29, 0.717) is 4.73 Å². The molecule has 5 N–H and O–H groups in total. The highest BCUT2D eigenvalue weighted by Gasteiger charge is 2.05. The SMILES string of the molecule is NC(=O)NCc1cc(=O)c(O)cn1O. The molecule has 0 unspecified atom stereocenters. The molecule has 0 aliphatic heterocycles. The van der Waals surface area contributed by atoms with Gasteiger partial charge < -0.3 is 21.4 Å². The van der Waals surface area contributed by atoms with Gasteiger partial charge in [-0.25, -0.2) is 4.79 Å². The van der Waals surface area contributed by atoms with E-state index in [1.165, 1.54) is 0 Å². The predicted octanol–water partition coefficient (Wildman–Crippen LogP) is -1.04. The van der Waals surface area contributed by atoms with E-state index >= 15 is 0 Å². The van der Waals surface area contributed by atoms with E-state index in [2.05, 4.69) is 5.32 Å². The molecule has 7 nitrogen and oxygen atoms in total. The summed E-state index contributed by atoms with van der Waals surface area (Å²) in [7, 11) is 0. The maximum absolute atomic E-state index is 10.9. The van der Waals surface area contributed by atoms with Crippen molar-refractivity contribution in [3.63, 3.8) is 0 Å². The Bertz CT molecular complexity index is 412. The summed E-state index contributed by atoms with van der Waals surface area (Å²) in [6, 6.07) is 0.219. The number of nitrogens with one attached hydrogen (secondary N) is 1. The van der Waals surface area contributed by atoms with E-state index in [4.69, 9.17) is 16.0 Å². The number of pyridine rings is 1. The topological polar surface area (TPSA) is 118 Å². The molecule has 14 heavy (non-hydrogen) atoms. The number of hydrogen-bond acceptors (Lipinski definition) is 4. The molecule has 0 atom stereocenters. The monoisotopic (exact) mass is 199 g/mol. The first-order valence-electron chi connectivity index (χ1n) is 3.68. The van der Waals surface area contributed by atoms with Gasteiger partial charge in [0.05, 0.1) is 18.4 Å². The minimum Gasteiger partial charge on any atom is -0.503 e. The van der Waals surface area contributed by atoms with Crippen LogP contribution < -0.4 is 16.5 Å². The molecule has 1 aromatic heterocycles. The van der Waals surface area contributed by atoms with Crippen LogP contribution in [0.2, 0.25) is 0 Å². The quantitative estimate of drug-likeness (QED) is 0.455. The Morgan fingerprint density at radius 2 is 2.29 bits per heavy atom. The Morgan fingerprint density at radius 3 is 2.86 bits per heavy atom. The molecule has 0 saturated carbocycles. The van der Waals surface area contributed by atoms with E-state index < -0.39 is 17.2 Å². The van der Waals surface area contributed by atoms with Gasteiger partial charge in [0.1, 0.15) is 0 Å². The molecular formula is C7H9N3O4. The number of carbonyl (C=O) groups is 1. The molecule has 0 saturated heterocycles. The van der Waals surface area contributed by atoms with Crippen molar-refractivity contribution >= 4 is 6.03 Å². The average Bonchev–Trinajstić information content (AvgIpc) is 2.09. The molecule has 2 amide bonds. The van der Waals surface area contributed by atoms with Gasteiger partial charge in [-0.1, -0.05) is 0 Å². The molecule has 1 aromatic rings. The fourth-order valence-corrected chi connectivity index (χ4v) is 0.863. The highest BCUT2D eigenvalue weighted by molar-refractivity contribution is 5.71. The van der Waals surface area contributed by atoms with Gasteiger partial charge in [0.25, 0.3) is 0 Å². The zero-order chi connectivity index (χ0) is 10.7. The van der Waals surface area contributed by atoms with Crippen molar-refractivity contribution in [1.82, 2.24) is 10.0 Å². The third-order valence-corrected chi connectivity index (χ3v) is 1.53. The van der Waals surface area contributed by atoms with Crippen LogP contribution in [0.4, 0.5) is 4.79 Å². The number of primary amides is 1. The smallest absolute Gasteiger partial charge is 0.312 e. The molecule has 1 rings (SSSR count). The van der Waals surface area contributed by atoms with Crippen LogP contribution in [0.3, 0.4) is 0 Å². The number of carbonyl (C=O) groups excluding carboxylic acids is 1. The van der Waals surface area contributed by atoms with Crippen molar-refractivity contribution in [2.75, 3.05) is 0 Å². The molecular weight excluding hydrogens is 190 g/mol. The Labute approximate surface area is 78.3 Å². The summed E-state index contributed by atoms with van der Waals surface area (Å²) in [4.78, 5) is 21.2. The van der Waals surface area contributed by atoms with Crippen molar-refractivity contribution in [3.05, 3.63) is 28.2 Å². The molecule has 76 valence electrons. The fourth-order valence-electron chi connectivity index (χ4n) is 0.863. The van der Waals surface area contributed by atoms with Gasteiger partial charge in [0.2, 0.25) is 5.43 Å². The molecule has 0 aliphatic carbocycles. The van der Waals surface area contributed by atoms with Crippen molar-refractivity contribution in [1.29, 1.82) is 0 Å². The van der Waals surface area contributed by atoms with Crippen molar-refractivity contribution in [3.8, 4) is 5.75 Å². The normalized spacial score (nSPS) is 9.71. The Morgan fingerprint density at radius 1 is 1.64 bits per heavy atom. The number of nitrogens with two attached hydrogens (primary N) is 1. The van der Waals surface area contributed by atoms with Crippen LogP contribution in [0.25, 0.3) is 0 Å². The predicted molar refractivity (Wildman–Crippen MR) is 46.0 cm³/mol. The Balaban J connectivity index is 2.93. The largest absolute Gasteiger partial charge is 0.503 e. The van der Waals surface area contributed by atoms with Crippen LogP contribution >= 0.6 is 0 Å². The van der Waals surface area contributed by atoms with E-state index in [1.807, 2.05) is 0 Å². The number of aromatic nitrogens is 1. The lowest BCUT2D eigenvalue weighted by atomic mass is 10.3. The zero-order valence-electron chi connectivity index (χ0n) is 7.10. The number of aromatic hydroxyl groups is 1. The summed E-state index contributed by atoms with van der Waals surface area (Å²) < 4.78 is 0.534. The Hall–Kier alpha value is -2.18.